The molecule has 0 saturated carbocycles. The van der Waals surface area contributed by atoms with Crippen LogP contribution in [0, 0.1) is 6.92 Å². The maximum absolute atomic E-state index is 12.9. The first-order valence-electron chi connectivity index (χ1n) is 12.4. The number of benzene rings is 3. The second kappa shape index (κ2) is 12.8. The molecule has 1 saturated heterocycles. The molecule has 3 aromatic carbocycles. The molecule has 1 aliphatic heterocycles. The van der Waals surface area contributed by atoms with E-state index in [1.54, 1.807) is 32.4 Å². The van der Waals surface area contributed by atoms with Gasteiger partial charge in [0.2, 0.25) is 0 Å². The van der Waals surface area contributed by atoms with Gasteiger partial charge in [-0.05, 0) is 42.3 Å². The third-order valence-corrected chi connectivity index (χ3v) is 6.76. The van der Waals surface area contributed by atoms with Crippen molar-refractivity contribution >= 4 is 23.3 Å². The van der Waals surface area contributed by atoms with Crippen molar-refractivity contribution in [1.29, 1.82) is 0 Å². The van der Waals surface area contributed by atoms with E-state index in [1.807, 2.05) is 29.2 Å². The van der Waals surface area contributed by atoms with Gasteiger partial charge < -0.3 is 24.4 Å². The van der Waals surface area contributed by atoms with E-state index >= 15 is 0 Å². The van der Waals surface area contributed by atoms with Crippen molar-refractivity contribution in [3.8, 4) is 11.5 Å². The number of nitrogens with zero attached hydrogens (tertiary/aromatic N) is 2. The van der Waals surface area contributed by atoms with Crippen molar-refractivity contribution in [2.45, 2.75) is 19.6 Å². The molecule has 7 nitrogen and oxygen atoms in total. The summed E-state index contributed by atoms with van der Waals surface area (Å²) in [6, 6.07) is 21.4. The van der Waals surface area contributed by atoms with Crippen LogP contribution in [0.1, 0.15) is 22.8 Å². The standard InChI is InChI=1S/C29H34ClN3O4/c1-21-5-4-6-22(17-21)20-37-28(23-7-9-24(30)10-8-23)19-32-13-15-33(16-14-32)29(34)31-26-12-11-25(35-2)18-27(26)36-3/h4-12,17-18,28H,13-16,19-20H2,1-3H3,(H,31,34)/t28-/m1/s1. The van der Waals surface area contributed by atoms with Gasteiger partial charge in [0, 0.05) is 43.8 Å². The molecule has 4 rings (SSSR count). The summed E-state index contributed by atoms with van der Waals surface area (Å²) in [7, 11) is 3.17. The fourth-order valence-electron chi connectivity index (χ4n) is 4.39. The fourth-order valence-corrected chi connectivity index (χ4v) is 4.52. The lowest BCUT2D eigenvalue weighted by Crippen LogP contribution is -2.50. The molecule has 0 radical (unpaired) electrons. The van der Waals surface area contributed by atoms with Crippen LogP contribution in [0.3, 0.4) is 0 Å². The van der Waals surface area contributed by atoms with E-state index in [-0.39, 0.29) is 12.1 Å². The Hall–Kier alpha value is -3.26. The maximum Gasteiger partial charge on any atom is 0.322 e. The number of urea groups is 1. The third-order valence-electron chi connectivity index (χ3n) is 6.51. The second-order valence-corrected chi connectivity index (χ2v) is 9.56. The lowest BCUT2D eigenvalue weighted by Gasteiger charge is -2.36. The molecule has 196 valence electrons. The Labute approximate surface area is 223 Å². The zero-order valence-electron chi connectivity index (χ0n) is 21.6. The Morgan fingerprint density at radius 1 is 0.973 bits per heavy atom. The van der Waals surface area contributed by atoms with Gasteiger partial charge in [-0.3, -0.25) is 4.90 Å². The highest BCUT2D eigenvalue weighted by molar-refractivity contribution is 6.30. The molecule has 8 heteroatoms. The number of hydrogen-bond acceptors (Lipinski definition) is 5. The number of carbonyl (C=O) groups is 1. The van der Waals surface area contributed by atoms with Crippen LogP contribution in [0.5, 0.6) is 11.5 Å². The van der Waals surface area contributed by atoms with Crippen LogP contribution < -0.4 is 14.8 Å². The number of ether oxygens (including phenoxy) is 3. The SMILES string of the molecule is COc1ccc(NC(=O)N2CCN(C[C@@H](OCc3cccc(C)c3)c3ccc(Cl)cc3)CC2)c(OC)c1. The molecule has 1 fully saturated rings. The Balaban J connectivity index is 1.35. The van der Waals surface area contributed by atoms with E-state index in [2.05, 4.69) is 41.4 Å². The number of nitrogens with one attached hydrogen (secondary N) is 1. The first-order valence-corrected chi connectivity index (χ1v) is 12.8. The molecule has 1 aliphatic rings. The van der Waals surface area contributed by atoms with Gasteiger partial charge in [-0.15, -0.1) is 0 Å². The normalized spacial score (nSPS) is 14.8. The number of aryl methyl sites for hydroxylation is 1. The predicted octanol–water partition coefficient (Wildman–Crippen LogP) is 5.77. The second-order valence-electron chi connectivity index (χ2n) is 9.12. The van der Waals surface area contributed by atoms with Gasteiger partial charge in [-0.25, -0.2) is 4.79 Å². The highest BCUT2D eigenvalue weighted by Crippen LogP contribution is 2.29. The van der Waals surface area contributed by atoms with Crippen LogP contribution >= 0.6 is 11.6 Å². The largest absolute Gasteiger partial charge is 0.497 e. The Bertz CT molecular complexity index is 1180. The molecule has 1 heterocycles. The summed E-state index contributed by atoms with van der Waals surface area (Å²) in [5.41, 5.74) is 4.06. The van der Waals surface area contributed by atoms with Crippen LogP contribution in [0.2, 0.25) is 5.02 Å². The molecule has 1 atom stereocenters. The van der Waals surface area contributed by atoms with Crippen molar-refractivity contribution < 1.29 is 19.0 Å². The lowest BCUT2D eigenvalue weighted by atomic mass is 10.1. The summed E-state index contributed by atoms with van der Waals surface area (Å²) in [4.78, 5) is 17.1. The Morgan fingerprint density at radius 2 is 1.73 bits per heavy atom. The van der Waals surface area contributed by atoms with E-state index < -0.39 is 0 Å². The predicted molar refractivity (Wildman–Crippen MR) is 147 cm³/mol. The van der Waals surface area contributed by atoms with E-state index in [9.17, 15) is 4.79 Å². The molecule has 0 aromatic heterocycles. The molecule has 2 amide bonds. The van der Waals surface area contributed by atoms with Crippen LogP contribution in [0.4, 0.5) is 10.5 Å². The van der Waals surface area contributed by atoms with Crippen LogP contribution in [0.25, 0.3) is 0 Å². The summed E-state index contributed by atoms with van der Waals surface area (Å²) >= 11 is 6.13. The van der Waals surface area contributed by atoms with Gasteiger partial charge in [-0.1, -0.05) is 53.6 Å². The molecular formula is C29H34ClN3O4. The summed E-state index contributed by atoms with van der Waals surface area (Å²) in [6.07, 6.45) is -0.110. The maximum atomic E-state index is 12.9. The average molecular weight is 524 g/mol. The molecule has 37 heavy (non-hydrogen) atoms. The van der Waals surface area contributed by atoms with E-state index in [0.29, 0.717) is 41.9 Å². The minimum absolute atomic E-state index is 0.110. The van der Waals surface area contributed by atoms with Crippen molar-refractivity contribution in [1.82, 2.24) is 9.80 Å². The topological polar surface area (TPSA) is 63.3 Å². The monoisotopic (exact) mass is 523 g/mol. The minimum Gasteiger partial charge on any atom is -0.497 e. The van der Waals surface area contributed by atoms with Crippen molar-refractivity contribution in [2.24, 2.45) is 0 Å². The number of hydrogen-bond donors (Lipinski definition) is 1. The van der Waals surface area contributed by atoms with Crippen molar-refractivity contribution in [3.63, 3.8) is 0 Å². The van der Waals surface area contributed by atoms with Crippen LogP contribution in [-0.2, 0) is 11.3 Å². The Kier molecular flexibility index (Phi) is 9.28. The fraction of sp³-hybridized carbons (Fsp3) is 0.345. The average Bonchev–Trinajstić information content (AvgIpc) is 2.92. The smallest absolute Gasteiger partial charge is 0.322 e. The number of anilines is 1. The van der Waals surface area contributed by atoms with Crippen LogP contribution in [-0.4, -0.2) is 62.8 Å². The molecular weight excluding hydrogens is 490 g/mol. The number of carbonyl (C=O) groups excluding carboxylic acids is 1. The van der Waals surface area contributed by atoms with Gasteiger partial charge >= 0.3 is 6.03 Å². The molecule has 0 unspecified atom stereocenters. The van der Waals surface area contributed by atoms with Gasteiger partial charge in [0.05, 0.1) is 32.6 Å². The summed E-state index contributed by atoms with van der Waals surface area (Å²) in [5, 5.41) is 3.67. The van der Waals surface area contributed by atoms with E-state index in [0.717, 1.165) is 30.8 Å². The number of methoxy groups -OCH3 is 2. The first-order chi connectivity index (χ1) is 17.9. The molecule has 1 N–H and O–H groups in total. The minimum atomic E-state index is -0.145. The lowest BCUT2D eigenvalue weighted by molar-refractivity contribution is 0.00592. The van der Waals surface area contributed by atoms with Gasteiger partial charge in [0.1, 0.15) is 11.5 Å². The molecule has 0 bridgehead atoms. The van der Waals surface area contributed by atoms with Gasteiger partial charge in [0.25, 0.3) is 0 Å². The number of piperazine rings is 1. The van der Waals surface area contributed by atoms with E-state index in [1.165, 1.54) is 5.56 Å². The zero-order valence-corrected chi connectivity index (χ0v) is 22.3. The first kappa shape index (κ1) is 26.8. The number of rotatable bonds is 9. The molecule has 3 aromatic rings. The zero-order chi connectivity index (χ0) is 26.2. The number of amides is 2. The summed E-state index contributed by atoms with van der Waals surface area (Å²) in [5.74, 6) is 1.23. The Morgan fingerprint density at radius 3 is 2.41 bits per heavy atom. The number of halogens is 1. The van der Waals surface area contributed by atoms with Crippen molar-refractivity contribution in [3.05, 3.63) is 88.4 Å². The van der Waals surface area contributed by atoms with Crippen molar-refractivity contribution in [2.75, 3.05) is 52.3 Å². The summed E-state index contributed by atoms with van der Waals surface area (Å²) < 4.78 is 17.0. The van der Waals surface area contributed by atoms with E-state index in [4.69, 9.17) is 25.8 Å². The molecule has 0 spiro atoms. The molecule has 0 aliphatic carbocycles. The van der Waals surface area contributed by atoms with Gasteiger partial charge in [-0.2, -0.15) is 0 Å². The summed E-state index contributed by atoms with van der Waals surface area (Å²) in [6.45, 7) is 6.10. The van der Waals surface area contributed by atoms with Crippen LogP contribution in [0.15, 0.2) is 66.7 Å². The highest BCUT2D eigenvalue weighted by Gasteiger charge is 2.25. The quantitative estimate of drug-likeness (QED) is 0.385. The van der Waals surface area contributed by atoms with Gasteiger partial charge in [0.15, 0.2) is 0 Å². The third kappa shape index (κ3) is 7.38. The highest BCUT2D eigenvalue weighted by atomic mass is 35.5.